The van der Waals surface area contributed by atoms with Crippen molar-refractivity contribution in [3.05, 3.63) is 75.0 Å². The number of urea groups is 1. The highest BCUT2D eigenvalue weighted by Crippen LogP contribution is 2.43. The second kappa shape index (κ2) is 10.2. The Balaban J connectivity index is 1.32. The lowest BCUT2D eigenvalue weighted by Crippen LogP contribution is -2.44. The second-order valence-electron chi connectivity index (χ2n) is 9.01. The molecule has 1 fully saturated rings. The van der Waals surface area contributed by atoms with Crippen LogP contribution in [0.2, 0.25) is 5.02 Å². The van der Waals surface area contributed by atoms with Gasteiger partial charge in [0.2, 0.25) is 17.5 Å². The molecule has 0 spiro atoms. The first-order valence-electron chi connectivity index (χ1n) is 11.6. The number of hydrogen-bond acceptors (Lipinski definition) is 4. The fraction of sp³-hybridized carbons (Fsp3) is 0.320. The molecular formula is C25H20ClF5N4O3. The normalized spacial score (nSPS) is 18.3. The molecule has 5 rings (SSSR count). The highest BCUT2D eigenvalue weighted by Gasteiger charge is 2.43. The van der Waals surface area contributed by atoms with Gasteiger partial charge in [-0.15, -0.1) is 0 Å². The van der Waals surface area contributed by atoms with Crippen LogP contribution < -0.4 is 15.6 Å². The minimum absolute atomic E-state index is 0.0553. The van der Waals surface area contributed by atoms with Crippen LogP contribution in [0.15, 0.2) is 47.5 Å². The van der Waals surface area contributed by atoms with Gasteiger partial charge in [-0.2, -0.15) is 0 Å². The van der Waals surface area contributed by atoms with E-state index >= 15 is 4.39 Å². The summed E-state index contributed by atoms with van der Waals surface area (Å²) in [5.41, 5.74) is 1.84. The number of carbonyl (C=O) groups is 1. The molecule has 2 aromatic heterocycles. The molecule has 2 amide bonds. The number of amides is 2. The molecule has 4 heterocycles. The van der Waals surface area contributed by atoms with Gasteiger partial charge in [0.1, 0.15) is 5.82 Å². The zero-order chi connectivity index (χ0) is 27.1. The molecule has 38 heavy (non-hydrogen) atoms. The third-order valence-electron chi connectivity index (χ3n) is 6.70. The predicted molar refractivity (Wildman–Crippen MR) is 128 cm³/mol. The quantitative estimate of drug-likeness (QED) is 0.377. The van der Waals surface area contributed by atoms with Crippen molar-refractivity contribution in [2.75, 3.05) is 5.32 Å². The van der Waals surface area contributed by atoms with Crippen molar-refractivity contribution in [1.82, 2.24) is 14.9 Å². The van der Waals surface area contributed by atoms with Crippen LogP contribution in [0, 0.1) is 5.82 Å². The highest BCUT2D eigenvalue weighted by atomic mass is 35.5. The van der Waals surface area contributed by atoms with Gasteiger partial charge in [0.05, 0.1) is 16.8 Å². The van der Waals surface area contributed by atoms with E-state index in [9.17, 15) is 27.2 Å². The summed E-state index contributed by atoms with van der Waals surface area (Å²) >= 11 is 6.34. The molecule has 2 aliphatic rings. The Hall–Kier alpha value is -3.67. The van der Waals surface area contributed by atoms with E-state index < -0.39 is 36.7 Å². The van der Waals surface area contributed by atoms with E-state index in [4.69, 9.17) is 11.6 Å². The second-order valence-corrected chi connectivity index (χ2v) is 9.42. The lowest BCUT2D eigenvalue weighted by atomic mass is 9.95. The maximum Gasteiger partial charge on any atom is 0.322 e. The number of pyridine rings is 2. The Morgan fingerprint density at radius 3 is 2.61 bits per heavy atom. The van der Waals surface area contributed by atoms with Crippen LogP contribution in [0.1, 0.15) is 30.0 Å². The molecule has 1 saturated heterocycles. The van der Waals surface area contributed by atoms with Gasteiger partial charge in [-0.3, -0.25) is 4.79 Å². The summed E-state index contributed by atoms with van der Waals surface area (Å²) in [7, 11) is 0. The topological polar surface area (TPSA) is 87.3 Å². The van der Waals surface area contributed by atoms with Crippen molar-refractivity contribution in [2.24, 2.45) is 0 Å². The average molecular weight is 555 g/mol. The van der Waals surface area contributed by atoms with E-state index in [1.165, 1.54) is 18.2 Å². The fourth-order valence-electron chi connectivity index (χ4n) is 4.97. The molecule has 2 atom stereocenters. The lowest BCUT2D eigenvalue weighted by molar-refractivity contribution is -0.0781. The first-order chi connectivity index (χ1) is 18.1. The predicted octanol–water partition coefficient (Wildman–Crippen LogP) is 5.80. The zero-order valence-corrected chi connectivity index (χ0v) is 20.2. The molecule has 0 saturated carbocycles. The number of ether oxygens (including phenoxy) is 1. The molecule has 1 aromatic carbocycles. The smallest absolute Gasteiger partial charge is 0.322 e. The number of rotatable bonds is 6. The number of H-pyrrole nitrogens is 1. The summed E-state index contributed by atoms with van der Waals surface area (Å²) in [5, 5.41) is 2.63. The number of alkyl halides is 4. The Kier molecular flexibility index (Phi) is 6.99. The van der Waals surface area contributed by atoms with E-state index in [0.29, 0.717) is 12.8 Å². The maximum atomic E-state index is 15.0. The van der Waals surface area contributed by atoms with E-state index in [-0.39, 0.29) is 39.5 Å². The van der Waals surface area contributed by atoms with Gasteiger partial charge < -0.3 is 19.9 Å². The van der Waals surface area contributed by atoms with Crippen LogP contribution in [0.4, 0.5) is 32.4 Å². The summed E-state index contributed by atoms with van der Waals surface area (Å²) < 4.78 is 70.4. The Morgan fingerprint density at radius 2 is 1.92 bits per heavy atom. The third kappa shape index (κ3) is 4.92. The number of hydrogen-bond donors (Lipinski definition) is 2. The minimum atomic E-state index is -3.42. The van der Waals surface area contributed by atoms with Crippen LogP contribution in [-0.2, 0) is 6.42 Å². The molecule has 2 N–H and O–H groups in total. The molecule has 7 nitrogen and oxygen atoms in total. The number of nitrogens with one attached hydrogen (secondary N) is 2. The number of nitrogens with zero attached hydrogens (tertiary/aromatic N) is 2. The van der Waals surface area contributed by atoms with Crippen LogP contribution in [0.25, 0.3) is 11.1 Å². The Labute approximate surface area is 217 Å². The minimum Gasteiger partial charge on any atom is -0.462 e. The van der Waals surface area contributed by atoms with Crippen molar-refractivity contribution >= 4 is 23.3 Å². The number of aromatic amines is 1. The number of aromatic nitrogens is 2. The monoisotopic (exact) mass is 554 g/mol. The summed E-state index contributed by atoms with van der Waals surface area (Å²) in [4.78, 5) is 32.9. The fourth-order valence-corrected chi connectivity index (χ4v) is 5.24. The first-order valence-corrected chi connectivity index (χ1v) is 12.0. The molecular weight excluding hydrogens is 535 g/mol. The molecule has 1 unspecified atom stereocenters. The molecule has 2 bridgehead atoms. The summed E-state index contributed by atoms with van der Waals surface area (Å²) in [6.07, 6.45) is -4.76. The van der Waals surface area contributed by atoms with Crippen LogP contribution >= 0.6 is 11.6 Å². The largest absolute Gasteiger partial charge is 0.462 e. The summed E-state index contributed by atoms with van der Waals surface area (Å²) in [6.45, 7) is 0. The van der Waals surface area contributed by atoms with Gasteiger partial charge in [0.25, 0.3) is 12.9 Å². The summed E-state index contributed by atoms with van der Waals surface area (Å²) in [6, 6.07) is 5.35. The standard InChI is InChI=1S/C25H20ClF5N4O3/c26-16-8-18(34-25(37)35-13-2-3-19(35)15-10-32-20(36)6-12(15)5-13)17(27)7-14(16)11-1-4-21(33-9-11)38-22(23(28)29)24(30)31/h1,4,6-10,13,19,22-24H,2-3,5H2,(H,32,36)(H,34,37)/t13?,19-/m1/s1. The molecule has 13 heteroatoms. The number of carbonyl (C=O) groups excluding carboxylic acids is 1. The van der Waals surface area contributed by atoms with Crippen molar-refractivity contribution in [1.29, 1.82) is 0 Å². The molecule has 3 aromatic rings. The zero-order valence-electron chi connectivity index (χ0n) is 19.4. The van der Waals surface area contributed by atoms with Crippen LogP contribution in [0.5, 0.6) is 5.88 Å². The van der Waals surface area contributed by atoms with Crippen LogP contribution in [0.3, 0.4) is 0 Å². The third-order valence-corrected chi connectivity index (χ3v) is 7.01. The van der Waals surface area contributed by atoms with Crippen molar-refractivity contribution in [3.63, 3.8) is 0 Å². The molecule has 2 aliphatic heterocycles. The van der Waals surface area contributed by atoms with Crippen molar-refractivity contribution < 1.29 is 31.5 Å². The molecule has 0 aliphatic carbocycles. The Morgan fingerprint density at radius 1 is 1.16 bits per heavy atom. The number of anilines is 1. The van der Waals surface area contributed by atoms with Crippen molar-refractivity contribution in [3.8, 4) is 17.0 Å². The summed E-state index contributed by atoms with van der Waals surface area (Å²) in [5.74, 6) is -1.25. The number of halogens is 6. The van der Waals surface area contributed by atoms with Gasteiger partial charge in [-0.1, -0.05) is 11.6 Å². The highest BCUT2D eigenvalue weighted by molar-refractivity contribution is 6.33. The van der Waals surface area contributed by atoms with Gasteiger partial charge in [-0.25, -0.2) is 31.7 Å². The first kappa shape index (κ1) is 26.0. The Bertz CT molecular complexity index is 1410. The van der Waals surface area contributed by atoms with Gasteiger partial charge in [-0.05, 0) is 48.6 Å². The maximum absolute atomic E-state index is 15.0. The average Bonchev–Trinajstić information content (AvgIpc) is 3.19. The van der Waals surface area contributed by atoms with E-state index in [0.717, 1.165) is 35.9 Å². The van der Waals surface area contributed by atoms with Gasteiger partial charge >= 0.3 is 6.03 Å². The van der Waals surface area contributed by atoms with Gasteiger partial charge in [0, 0.05) is 41.7 Å². The molecule has 0 radical (unpaired) electrons. The van der Waals surface area contributed by atoms with E-state index in [2.05, 4.69) is 20.0 Å². The van der Waals surface area contributed by atoms with E-state index in [1.807, 2.05) is 0 Å². The van der Waals surface area contributed by atoms with E-state index in [1.54, 1.807) is 11.1 Å². The van der Waals surface area contributed by atoms with Crippen molar-refractivity contribution in [2.45, 2.75) is 50.3 Å². The van der Waals surface area contributed by atoms with Gasteiger partial charge in [0.15, 0.2) is 0 Å². The lowest BCUT2D eigenvalue weighted by Gasteiger charge is -2.36. The number of fused-ring (bicyclic) bond motifs is 4. The number of benzene rings is 1. The molecule has 200 valence electrons. The van der Waals surface area contributed by atoms with Crippen LogP contribution in [-0.4, -0.2) is 45.9 Å². The SMILES string of the molecule is O=C(Nc1cc(Cl)c(-c2ccc(OC(C(F)F)C(F)F)nc2)cc1F)N1C2CC[C@@H]1c1c[nH]c(=O)cc1C2.